The van der Waals surface area contributed by atoms with Crippen LogP contribution in [0.25, 0.3) is 0 Å². The maximum absolute atomic E-state index is 11.9. The fourth-order valence-corrected chi connectivity index (χ4v) is 2.78. The number of carbonyl (C=O) groups is 2. The highest BCUT2D eigenvalue weighted by molar-refractivity contribution is 7.12. The summed E-state index contributed by atoms with van der Waals surface area (Å²) in [6.45, 7) is 2.50. The molecule has 0 aliphatic rings. The maximum atomic E-state index is 11.9. The summed E-state index contributed by atoms with van der Waals surface area (Å²) in [4.78, 5) is 24.3. The van der Waals surface area contributed by atoms with Crippen LogP contribution < -0.4 is 10.6 Å². The van der Waals surface area contributed by atoms with Gasteiger partial charge in [0, 0.05) is 18.7 Å². The second-order valence-corrected chi connectivity index (χ2v) is 6.28. The van der Waals surface area contributed by atoms with Crippen molar-refractivity contribution in [3.63, 3.8) is 0 Å². The summed E-state index contributed by atoms with van der Waals surface area (Å²) in [5.41, 5.74) is 2.08. The number of thiophene rings is 1. The van der Waals surface area contributed by atoms with E-state index in [2.05, 4.69) is 17.6 Å². The third-order valence-corrected chi connectivity index (χ3v) is 4.31. The normalized spacial score (nSPS) is 10.3. The van der Waals surface area contributed by atoms with E-state index in [-0.39, 0.29) is 18.2 Å². The summed E-state index contributed by atoms with van der Waals surface area (Å²) >= 11 is 1.39. The zero-order valence-electron chi connectivity index (χ0n) is 13.3. The van der Waals surface area contributed by atoms with Gasteiger partial charge in [-0.15, -0.1) is 11.3 Å². The van der Waals surface area contributed by atoms with Gasteiger partial charge in [0.2, 0.25) is 5.91 Å². The molecule has 5 heteroatoms. The fourth-order valence-electron chi connectivity index (χ4n) is 2.14. The van der Waals surface area contributed by atoms with E-state index >= 15 is 0 Å². The van der Waals surface area contributed by atoms with E-state index in [9.17, 15) is 9.59 Å². The van der Waals surface area contributed by atoms with Gasteiger partial charge < -0.3 is 10.6 Å². The number of carbonyl (C=O) groups excluding carboxylic acids is 2. The van der Waals surface area contributed by atoms with Crippen molar-refractivity contribution in [2.75, 3.05) is 11.9 Å². The average molecular weight is 330 g/mol. The molecule has 1 aromatic carbocycles. The van der Waals surface area contributed by atoms with Crippen molar-refractivity contribution in [1.82, 2.24) is 5.32 Å². The minimum Gasteiger partial charge on any atom is -0.351 e. The number of amides is 2. The van der Waals surface area contributed by atoms with Gasteiger partial charge in [-0.25, -0.2) is 0 Å². The number of rotatable bonds is 8. The molecule has 2 aromatic rings. The molecule has 0 bridgehead atoms. The van der Waals surface area contributed by atoms with Crippen LogP contribution in [-0.2, 0) is 11.2 Å². The van der Waals surface area contributed by atoms with Gasteiger partial charge >= 0.3 is 0 Å². The molecule has 0 spiro atoms. The predicted molar refractivity (Wildman–Crippen MR) is 95.0 cm³/mol. The Bertz CT molecular complexity index is 621. The van der Waals surface area contributed by atoms with Gasteiger partial charge in [-0.3, -0.25) is 9.59 Å². The molecule has 0 radical (unpaired) electrons. The molecule has 0 aliphatic heterocycles. The lowest BCUT2D eigenvalue weighted by Gasteiger charge is -2.07. The Kier molecular flexibility index (Phi) is 6.81. The molecular weight excluding hydrogens is 308 g/mol. The van der Waals surface area contributed by atoms with E-state index in [4.69, 9.17) is 0 Å². The number of hydrogen-bond donors (Lipinski definition) is 2. The standard InChI is InChI=1S/C18H22N2O2S/c1-2-3-5-14-7-9-15(10-8-14)20-17(21)11-12-19-18(22)16-6-4-13-23-16/h4,6-10,13H,2-3,5,11-12H2,1H3,(H,19,22)(H,20,21). The Morgan fingerprint density at radius 1 is 1.13 bits per heavy atom. The van der Waals surface area contributed by atoms with E-state index in [1.165, 1.54) is 29.7 Å². The number of hydrogen-bond acceptors (Lipinski definition) is 3. The molecule has 0 atom stereocenters. The van der Waals surface area contributed by atoms with Crippen molar-refractivity contribution in [2.45, 2.75) is 32.6 Å². The fraction of sp³-hybridized carbons (Fsp3) is 0.333. The highest BCUT2D eigenvalue weighted by Gasteiger charge is 2.07. The summed E-state index contributed by atoms with van der Waals surface area (Å²) in [7, 11) is 0. The Labute approximate surface area is 140 Å². The number of aryl methyl sites for hydroxylation is 1. The lowest BCUT2D eigenvalue weighted by Crippen LogP contribution is -2.27. The first-order chi connectivity index (χ1) is 11.2. The summed E-state index contributed by atoms with van der Waals surface area (Å²) in [6.07, 6.45) is 3.68. The van der Waals surface area contributed by atoms with Gasteiger partial charge in [-0.1, -0.05) is 31.5 Å². The van der Waals surface area contributed by atoms with Gasteiger partial charge in [0.1, 0.15) is 0 Å². The van der Waals surface area contributed by atoms with Gasteiger partial charge in [0.05, 0.1) is 4.88 Å². The van der Waals surface area contributed by atoms with Crippen LogP contribution >= 0.6 is 11.3 Å². The summed E-state index contributed by atoms with van der Waals surface area (Å²) in [6, 6.07) is 11.5. The topological polar surface area (TPSA) is 58.2 Å². The van der Waals surface area contributed by atoms with Crippen molar-refractivity contribution >= 4 is 28.8 Å². The van der Waals surface area contributed by atoms with E-state index in [1.54, 1.807) is 6.07 Å². The van der Waals surface area contributed by atoms with Crippen LogP contribution in [0.15, 0.2) is 41.8 Å². The molecule has 1 heterocycles. The number of unbranched alkanes of at least 4 members (excludes halogenated alkanes) is 1. The summed E-state index contributed by atoms with van der Waals surface area (Å²) in [5, 5.41) is 7.44. The Morgan fingerprint density at radius 2 is 1.91 bits per heavy atom. The largest absolute Gasteiger partial charge is 0.351 e. The smallest absolute Gasteiger partial charge is 0.261 e. The molecule has 0 aliphatic carbocycles. The maximum Gasteiger partial charge on any atom is 0.261 e. The monoisotopic (exact) mass is 330 g/mol. The molecule has 0 unspecified atom stereocenters. The lowest BCUT2D eigenvalue weighted by atomic mass is 10.1. The van der Waals surface area contributed by atoms with Crippen molar-refractivity contribution in [3.8, 4) is 0 Å². The highest BCUT2D eigenvalue weighted by atomic mass is 32.1. The van der Waals surface area contributed by atoms with Gasteiger partial charge in [-0.2, -0.15) is 0 Å². The first kappa shape index (κ1) is 17.2. The van der Waals surface area contributed by atoms with E-state index < -0.39 is 0 Å². The van der Waals surface area contributed by atoms with Crippen molar-refractivity contribution in [3.05, 3.63) is 52.2 Å². The predicted octanol–water partition coefficient (Wildman–Crippen LogP) is 3.85. The second-order valence-electron chi connectivity index (χ2n) is 5.33. The first-order valence-electron chi connectivity index (χ1n) is 7.89. The molecule has 23 heavy (non-hydrogen) atoms. The number of nitrogens with one attached hydrogen (secondary N) is 2. The van der Waals surface area contributed by atoms with Crippen molar-refractivity contribution in [2.24, 2.45) is 0 Å². The van der Waals surface area contributed by atoms with Gasteiger partial charge in [-0.05, 0) is 42.0 Å². The lowest BCUT2D eigenvalue weighted by molar-refractivity contribution is -0.116. The quantitative estimate of drug-likeness (QED) is 0.772. The highest BCUT2D eigenvalue weighted by Crippen LogP contribution is 2.12. The second kappa shape index (κ2) is 9.10. The molecule has 4 nitrogen and oxygen atoms in total. The Hall–Kier alpha value is -2.14. The Balaban J connectivity index is 1.71. The first-order valence-corrected chi connectivity index (χ1v) is 8.77. The molecule has 0 fully saturated rings. The van der Waals surface area contributed by atoms with E-state index in [1.807, 2.05) is 35.7 Å². The van der Waals surface area contributed by atoms with Gasteiger partial charge in [0.15, 0.2) is 0 Å². The SMILES string of the molecule is CCCCc1ccc(NC(=O)CCNC(=O)c2cccs2)cc1. The molecule has 2 N–H and O–H groups in total. The van der Waals surface area contributed by atoms with Crippen LogP contribution in [0.2, 0.25) is 0 Å². The molecule has 122 valence electrons. The van der Waals surface area contributed by atoms with Crippen LogP contribution in [0.3, 0.4) is 0 Å². The molecule has 0 saturated heterocycles. The van der Waals surface area contributed by atoms with E-state index in [0.717, 1.165) is 12.1 Å². The zero-order chi connectivity index (χ0) is 16.5. The van der Waals surface area contributed by atoms with Crippen LogP contribution in [0.1, 0.15) is 41.4 Å². The van der Waals surface area contributed by atoms with Crippen LogP contribution in [0.4, 0.5) is 5.69 Å². The van der Waals surface area contributed by atoms with E-state index in [0.29, 0.717) is 11.4 Å². The van der Waals surface area contributed by atoms with Gasteiger partial charge in [0.25, 0.3) is 5.91 Å². The molecule has 1 aromatic heterocycles. The minimum absolute atomic E-state index is 0.0993. The van der Waals surface area contributed by atoms with Crippen molar-refractivity contribution < 1.29 is 9.59 Å². The molecule has 0 saturated carbocycles. The van der Waals surface area contributed by atoms with Crippen molar-refractivity contribution in [1.29, 1.82) is 0 Å². The van der Waals surface area contributed by atoms with Crippen LogP contribution in [0, 0.1) is 0 Å². The Morgan fingerprint density at radius 3 is 2.57 bits per heavy atom. The number of benzene rings is 1. The molecule has 2 rings (SSSR count). The average Bonchev–Trinajstić information content (AvgIpc) is 3.08. The molecule has 2 amide bonds. The van der Waals surface area contributed by atoms with Crippen LogP contribution in [-0.4, -0.2) is 18.4 Å². The van der Waals surface area contributed by atoms with Crippen LogP contribution in [0.5, 0.6) is 0 Å². The number of anilines is 1. The summed E-state index contributed by atoms with van der Waals surface area (Å²) in [5.74, 6) is -0.231. The third-order valence-electron chi connectivity index (χ3n) is 3.44. The third kappa shape index (κ3) is 5.87. The molecular formula is C18H22N2O2S. The minimum atomic E-state index is -0.131. The summed E-state index contributed by atoms with van der Waals surface area (Å²) < 4.78 is 0. The zero-order valence-corrected chi connectivity index (χ0v) is 14.1.